The van der Waals surface area contributed by atoms with Crippen LogP contribution in [0.3, 0.4) is 0 Å². The van der Waals surface area contributed by atoms with Crippen molar-refractivity contribution < 1.29 is 9.90 Å². The lowest BCUT2D eigenvalue weighted by Gasteiger charge is -2.18. The minimum Gasteiger partial charge on any atom is -0.477 e. The molecule has 4 heteroatoms. The number of carboxylic acid groups (broad SMARTS) is 1. The van der Waals surface area contributed by atoms with Crippen LogP contribution in [0.25, 0.3) is 0 Å². The lowest BCUT2D eigenvalue weighted by Crippen LogP contribution is -2.26. The van der Waals surface area contributed by atoms with E-state index in [-0.39, 0.29) is 0 Å². The molecule has 0 bridgehead atoms. The summed E-state index contributed by atoms with van der Waals surface area (Å²) in [7, 11) is 0. The fraction of sp³-hybridized carbons (Fsp3) is 0.615. The number of carbonyl (C=O) groups is 1. The second kappa shape index (κ2) is 6.17. The van der Waals surface area contributed by atoms with Crippen LogP contribution in [0, 0.1) is 0 Å². The lowest BCUT2D eigenvalue weighted by atomic mass is 10.2. The molecule has 0 amide bonds. The summed E-state index contributed by atoms with van der Waals surface area (Å²) in [6, 6.07) is 3.66. The third-order valence-electron chi connectivity index (χ3n) is 3.25. The van der Waals surface area contributed by atoms with Crippen molar-refractivity contribution in [3.05, 3.63) is 21.9 Å². The number of thiophene rings is 1. The van der Waals surface area contributed by atoms with Gasteiger partial charge in [0, 0.05) is 11.4 Å². The van der Waals surface area contributed by atoms with E-state index in [1.807, 2.05) is 6.07 Å². The van der Waals surface area contributed by atoms with Gasteiger partial charge in [0.1, 0.15) is 4.88 Å². The van der Waals surface area contributed by atoms with Gasteiger partial charge in [-0.05, 0) is 44.5 Å². The molecule has 1 aromatic rings. The average Bonchev–Trinajstić information content (AvgIpc) is 2.63. The molecule has 2 heterocycles. The molecule has 3 nitrogen and oxygen atoms in total. The summed E-state index contributed by atoms with van der Waals surface area (Å²) in [6.07, 6.45) is 6.32. The molecule has 0 atom stereocenters. The van der Waals surface area contributed by atoms with Crippen molar-refractivity contribution in [2.24, 2.45) is 0 Å². The molecular formula is C13H19NO2S. The molecule has 17 heavy (non-hydrogen) atoms. The third kappa shape index (κ3) is 3.82. The number of likely N-dealkylation sites (tertiary alicyclic amines) is 1. The van der Waals surface area contributed by atoms with Crippen molar-refractivity contribution >= 4 is 17.3 Å². The fourth-order valence-corrected chi connectivity index (χ4v) is 3.09. The van der Waals surface area contributed by atoms with E-state index in [4.69, 9.17) is 5.11 Å². The molecule has 1 aromatic heterocycles. The molecule has 0 aromatic carbocycles. The van der Waals surface area contributed by atoms with E-state index in [2.05, 4.69) is 4.90 Å². The first-order valence-corrected chi connectivity index (χ1v) is 7.12. The van der Waals surface area contributed by atoms with Gasteiger partial charge in [0.05, 0.1) is 0 Å². The Hall–Kier alpha value is -0.870. The van der Waals surface area contributed by atoms with Crippen molar-refractivity contribution in [1.29, 1.82) is 0 Å². The molecule has 1 saturated heterocycles. The molecule has 1 fully saturated rings. The Labute approximate surface area is 106 Å². The van der Waals surface area contributed by atoms with Crippen LogP contribution in [0.1, 0.15) is 40.2 Å². The van der Waals surface area contributed by atoms with E-state index in [1.54, 1.807) is 6.07 Å². The van der Waals surface area contributed by atoms with Crippen LogP contribution in [0.4, 0.5) is 0 Å². The van der Waals surface area contributed by atoms with Gasteiger partial charge in [-0.15, -0.1) is 11.3 Å². The predicted molar refractivity (Wildman–Crippen MR) is 69.9 cm³/mol. The first-order chi connectivity index (χ1) is 8.25. The summed E-state index contributed by atoms with van der Waals surface area (Å²) in [5, 5.41) is 8.85. The summed E-state index contributed by atoms with van der Waals surface area (Å²) in [5.74, 6) is -0.809. The maximum Gasteiger partial charge on any atom is 0.345 e. The first kappa shape index (κ1) is 12.6. The molecule has 94 valence electrons. The Morgan fingerprint density at radius 3 is 2.53 bits per heavy atom. The molecule has 0 saturated carbocycles. The van der Waals surface area contributed by atoms with Crippen LogP contribution < -0.4 is 0 Å². The van der Waals surface area contributed by atoms with Crippen molar-refractivity contribution in [3.8, 4) is 0 Å². The fourth-order valence-electron chi connectivity index (χ4n) is 2.26. The summed E-state index contributed by atoms with van der Waals surface area (Å²) in [4.78, 5) is 14.9. The first-order valence-electron chi connectivity index (χ1n) is 6.30. The van der Waals surface area contributed by atoms with E-state index in [9.17, 15) is 4.79 Å². The predicted octanol–water partition coefficient (Wildman–Crippen LogP) is 2.86. The van der Waals surface area contributed by atoms with Gasteiger partial charge < -0.3 is 10.0 Å². The maximum atomic E-state index is 10.8. The van der Waals surface area contributed by atoms with Gasteiger partial charge in [0.15, 0.2) is 0 Å². The van der Waals surface area contributed by atoms with Gasteiger partial charge in [0.2, 0.25) is 0 Å². The van der Waals surface area contributed by atoms with Crippen LogP contribution in [0.15, 0.2) is 12.1 Å². The Bertz CT molecular complexity index is 367. The highest BCUT2D eigenvalue weighted by atomic mass is 32.1. The van der Waals surface area contributed by atoms with E-state index >= 15 is 0 Å². The van der Waals surface area contributed by atoms with E-state index in [0.717, 1.165) is 13.0 Å². The van der Waals surface area contributed by atoms with Gasteiger partial charge in [-0.1, -0.05) is 12.8 Å². The molecule has 0 unspecified atom stereocenters. The molecule has 1 N–H and O–H groups in total. The topological polar surface area (TPSA) is 40.5 Å². The summed E-state index contributed by atoms with van der Waals surface area (Å²) < 4.78 is 0. The summed E-state index contributed by atoms with van der Waals surface area (Å²) >= 11 is 1.41. The molecule has 0 aliphatic carbocycles. The van der Waals surface area contributed by atoms with Crippen LogP contribution in [-0.2, 0) is 6.42 Å². The van der Waals surface area contributed by atoms with Crippen LogP contribution in [0.5, 0.6) is 0 Å². The van der Waals surface area contributed by atoms with Gasteiger partial charge in [-0.2, -0.15) is 0 Å². The minimum absolute atomic E-state index is 0.455. The second-order valence-electron chi connectivity index (χ2n) is 4.58. The smallest absolute Gasteiger partial charge is 0.345 e. The standard InChI is InChI=1S/C13H19NO2S/c15-13(16)12-6-5-11(17-12)7-10-14-8-3-1-2-4-9-14/h5-6H,1-4,7-10H2,(H,15,16). The van der Waals surface area contributed by atoms with Gasteiger partial charge in [-0.25, -0.2) is 4.79 Å². The molecule has 0 spiro atoms. The molecular weight excluding hydrogens is 234 g/mol. The van der Waals surface area contributed by atoms with Gasteiger partial charge in [0.25, 0.3) is 0 Å². The van der Waals surface area contributed by atoms with Crippen molar-refractivity contribution in [2.45, 2.75) is 32.1 Å². The van der Waals surface area contributed by atoms with E-state index < -0.39 is 5.97 Å². The number of rotatable bonds is 4. The molecule has 2 rings (SSSR count). The van der Waals surface area contributed by atoms with Crippen molar-refractivity contribution in [3.63, 3.8) is 0 Å². The van der Waals surface area contributed by atoms with E-state index in [1.165, 1.54) is 55.0 Å². The SMILES string of the molecule is O=C(O)c1ccc(CCN2CCCCCC2)s1. The Morgan fingerprint density at radius 2 is 1.94 bits per heavy atom. The summed E-state index contributed by atoms with van der Waals surface area (Å²) in [6.45, 7) is 3.48. The van der Waals surface area contributed by atoms with Crippen LogP contribution >= 0.6 is 11.3 Å². The van der Waals surface area contributed by atoms with Gasteiger partial charge >= 0.3 is 5.97 Å². The molecule has 1 aliphatic rings. The average molecular weight is 253 g/mol. The highest BCUT2D eigenvalue weighted by Gasteiger charge is 2.11. The van der Waals surface area contributed by atoms with Gasteiger partial charge in [-0.3, -0.25) is 0 Å². The lowest BCUT2D eigenvalue weighted by molar-refractivity contribution is 0.0702. The zero-order valence-electron chi connectivity index (χ0n) is 10.0. The van der Waals surface area contributed by atoms with Crippen molar-refractivity contribution in [2.75, 3.05) is 19.6 Å². The van der Waals surface area contributed by atoms with Crippen LogP contribution in [-0.4, -0.2) is 35.6 Å². The largest absolute Gasteiger partial charge is 0.477 e. The zero-order chi connectivity index (χ0) is 12.1. The number of hydrogen-bond donors (Lipinski definition) is 1. The molecule has 0 radical (unpaired) electrons. The quantitative estimate of drug-likeness (QED) is 0.897. The Morgan fingerprint density at radius 1 is 1.24 bits per heavy atom. The Kier molecular flexibility index (Phi) is 4.57. The van der Waals surface area contributed by atoms with Crippen molar-refractivity contribution in [1.82, 2.24) is 4.90 Å². The summed E-state index contributed by atoms with van der Waals surface area (Å²) in [5.41, 5.74) is 0. The number of aromatic carboxylic acids is 1. The monoisotopic (exact) mass is 253 g/mol. The molecule has 1 aliphatic heterocycles. The number of nitrogens with zero attached hydrogens (tertiary/aromatic N) is 1. The second-order valence-corrected chi connectivity index (χ2v) is 5.75. The maximum absolute atomic E-state index is 10.8. The van der Waals surface area contributed by atoms with E-state index in [0.29, 0.717) is 4.88 Å². The zero-order valence-corrected chi connectivity index (χ0v) is 10.8. The number of hydrogen-bond acceptors (Lipinski definition) is 3. The van der Waals surface area contributed by atoms with Crippen LogP contribution in [0.2, 0.25) is 0 Å². The minimum atomic E-state index is -0.809. The Balaban J connectivity index is 1.81. The third-order valence-corrected chi connectivity index (χ3v) is 4.38. The number of carboxylic acids is 1. The highest BCUT2D eigenvalue weighted by molar-refractivity contribution is 7.13. The highest BCUT2D eigenvalue weighted by Crippen LogP contribution is 2.18. The normalized spacial score (nSPS) is 17.9.